The smallest absolute Gasteiger partial charge is 1.00 e. The van der Waals surface area contributed by atoms with E-state index in [4.69, 9.17) is 0 Å². The molecule has 0 saturated carbocycles. The van der Waals surface area contributed by atoms with E-state index in [1.807, 2.05) is 0 Å². The minimum atomic E-state index is 0. The molecule has 0 atom stereocenters. The summed E-state index contributed by atoms with van der Waals surface area (Å²) in [7, 11) is 17.5. The molecule has 0 bridgehead atoms. The largest absolute Gasteiger partial charge is 2.00 e. The van der Waals surface area contributed by atoms with Gasteiger partial charge in [0.1, 0.15) is 26.2 Å². The summed E-state index contributed by atoms with van der Waals surface area (Å²) in [4.78, 5) is 6.13. The average molecular weight is 651 g/mol. The number of likely N-dealkylation sites (N-methyl/N-ethyl adjacent to an activating group) is 4. The molecule has 0 radical (unpaired) electrons. The van der Waals surface area contributed by atoms with Crippen LogP contribution in [0.4, 0.5) is 0 Å². The summed E-state index contributed by atoms with van der Waals surface area (Å²) in [6, 6.07) is 0. The van der Waals surface area contributed by atoms with Gasteiger partial charge in [0.2, 0.25) is 0 Å². The molecular formula is C12H36Cl8N4Zn2. The van der Waals surface area contributed by atoms with Crippen LogP contribution in [0.25, 0.3) is 0 Å². The molecule has 0 unspecified atom stereocenters. The van der Waals surface area contributed by atoms with Crippen molar-refractivity contribution in [3.8, 4) is 0 Å². The molecule has 164 valence electrons. The Morgan fingerprint density at radius 3 is 0.423 bits per heavy atom. The molecule has 0 saturated heterocycles. The average Bonchev–Trinajstić information content (AvgIpc) is 2.12. The molecule has 0 spiro atoms. The summed E-state index contributed by atoms with van der Waals surface area (Å²) in [5.74, 6) is 0. The Balaban J connectivity index is -0.0000000109. The van der Waals surface area contributed by atoms with Gasteiger partial charge in [-0.2, -0.15) is 0 Å². The molecule has 0 amide bonds. The Hall–Kier alpha value is 3.41. The maximum atomic E-state index is 2.18. The van der Waals surface area contributed by atoms with Crippen LogP contribution in [0.3, 0.4) is 0 Å². The van der Waals surface area contributed by atoms with E-state index in [-0.39, 0.29) is 138 Å². The van der Waals surface area contributed by atoms with Crippen LogP contribution < -0.4 is 119 Å². The number of halogens is 8. The van der Waals surface area contributed by atoms with E-state index in [0.717, 1.165) is 0 Å². The van der Waals surface area contributed by atoms with Crippen LogP contribution in [-0.2, 0) is 39.0 Å². The molecule has 4 nitrogen and oxygen atoms in total. The van der Waals surface area contributed by atoms with Gasteiger partial charge in [0.15, 0.2) is 0 Å². The van der Waals surface area contributed by atoms with Crippen LogP contribution >= 0.6 is 0 Å². The van der Waals surface area contributed by atoms with Gasteiger partial charge in [-0.15, -0.1) is 0 Å². The standard InChI is InChI=1S/2C6H16N2.8ClH.2Zn/c2*1-7(2)5-6-8(3)4;;;;;;;;;;/h2*5-6H2,1-4H3;8*1H;;/q;;;;;;;;;;2*+2/p-4. The molecule has 0 aromatic rings. The van der Waals surface area contributed by atoms with E-state index in [0.29, 0.717) is 0 Å². The van der Waals surface area contributed by atoms with Crippen molar-refractivity contribution in [3.05, 3.63) is 0 Å². The topological polar surface area (TPSA) is 17.8 Å². The molecule has 0 aromatic heterocycles. The van der Waals surface area contributed by atoms with Gasteiger partial charge in [-0.05, 0) is 0 Å². The summed E-state index contributed by atoms with van der Waals surface area (Å²) >= 11 is 0. The molecule has 4 N–H and O–H groups in total. The number of hydrogen-bond acceptors (Lipinski definition) is 0. The molecule has 0 rings (SSSR count). The summed E-state index contributed by atoms with van der Waals surface area (Å²) in [6.45, 7) is 5.06. The number of quaternary nitrogens is 4. The monoisotopic (exact) mass is 644 g/mol. The summed E-state index contributed by atoms with van der Waals surface area (Å²) in [5, 5.41) is 0. The van der Waals surface area contributed by atoms with Crippen molar-refractivity contribution < 1.29 is 158 Å². The predicted octanol–water partition coefficient (Wildman–Crippen LogP) is -29.4. The predicted molar refractivity (Wildman–Crippen MR) is 70.7 cm³/mol. The Bertz CT molecular complexity index is 133. The molecule has 0 aliphatic carbocycles. The van der Waals surface area contributed by atoms with Crippen LogP contribution in [0.1, 0.15) is 0 Å². The van der Waals surface area contributed by atoms with Gasteiger partial charge in [0.05, 0.1) is 56.4 Å². The van der Waals surface area contributed by atoms with Crippen molar-refractivity contribution in [3.63, 3.8) is 0 Å². The first-order valence-electron chi connectivity index (χ1n) is 6.41. The van der Waals surface area contributed by atoms with E-state index in [2.05, 4.69) is 56.4 Å². The first kappa shape index (κ1) is 78.3. The van der Waals surface area contributed by atoms with E-state index in [9.17, 15) is 0 Å². The van der Waals surface area contributed by atoms with Crippen LogP contribution in [0.2, 0.25) is 0 Å². The van der Waals surface area contributed by atoms with Crippen LogP contribution in [0.15, 0.2) is 0 Å². The van der Waals surface area contributed by atoms with E-state index < -0.39 is 0 Å². The van der Waals surface area contributed by atoms with Crippen molar-refractivity contribution in [1.29, 1.82) is 0 Å². The second kappa shape index (κ2) is 56.7. The Kier molecular flexibility index (Phi) is 171. The van der Waals surface area contributed by atoms with Gasteiger partial charge in [-0.1, -0.05) is 0 Å². The molecule has 14 heteroatoms. The second-order valence-corrected chi connectivity index (χ2v) is 5.83. The van der Waals surface area contributed by atoms with Crippen LogP contribution in [0, 0.1) is 0 Å². The van der Waals surface area contributed by atoms with E-state index in [1.54, 1.807) is 0 Å². The van der Waals surface area contributed by atoms with Gasteiger partial charge < -0.3 is 119 Å². The zero-order valence-corrected chi connectivity index (χ0v) is 29.2. The Labute approximate surface area is 238 Å². The van der Waals surface area contributed by atoms with Crippen LogP contribution in [0.5, 0.6) is 0 Å². The van der Waals surface area contributed by atoms with Crippen molar-refractivity contribution in [2.75, 3.05) is 82.6 Å². The third-order valence-electron chi connectivity index (χ3n) is 2.25. The third kappa shape index (κ3) is 106. The zero-order valence-electron chi connectivity index (χ0n) is 17.3. The van der Waals surface area contributed by atoms with E-state index >= 15 is 0 Å². The third-order valence-corrected chi connectivity index (χ3v) is 2.25. The number of nitrogens with one attached hydrogen (secondary N) is 4. The van der Waals surface area contributed by atoms with Crippen molar-refractivity contribution >= 4 is 0 Å². The Morgan fingerprint density at radius 1 is 0.308 bits per heavy atom. The van der Waals surface area contributed by atoms with Gasteiger partial charge >= 0.3 is 39.0 Å². The molecule has 0 aliphatic heterocycles. The summed E-state index contributed by atoms with van der Waals surface area (Å²) in [5.41, 5.74) is 0. The number of rotatable bonds is 6. The fraction of sp³-hybridized carbons (Fsp3) is 1.00. The zero-order chi connectivity index (χ0) is 13.1. The fourth-order valence-corrected chi connectivity index (χ4v) is 1.000. The van der Waals surface area contributed by atoms with E-state index in [1.165, 1.54) is 45.8 Å². The van der Waals surface area contributed by atoms with Crippen molar-refractivity contribution in [1.82, 2.24) is 0 Å². The maximum absolute atomic E-state index is 2.18. The van der Waals surface area contributed by atoms with Gasteiger partial charge in [0, 0.05) is 0 Å². The Morgan fingerprint density at radius 2 is 0.385 bits per heavy atom. The maximum Gasteiger partial charge on any atom is 2.00 e. The minimum absolute atomic E-state index is 0. The SMILES string of the molecule is C[NH+](C)CC[NH+](C)C.C[NH+](C)CC[NH+](C)C.[Cl-].[Cl-].[Cl-].[Cl-].[Cl-].[Cl-].[Cl-].[Cl-].[Zn+2].[Zn+2]. The molecule has 0 aromatic carbocycles. The molecule has 0 heterocycles. The van der Waals surface area contributed by atoms with Gasteiger partial charge in [0.25, 0.3) is 0 Å². The summed E-state index contributed by atoms with van der Waals surface area (Å²) in [6.07, 6.45) is 0. The molecule has 26 heavy (non-hydrogen) atoms. The quantitative estimate of drug-likeness (QED) is 0.205. The van der Waals surface area contributed by atoms with Gasteiger partial charge in [-0.3, -0.25) is 0 Å². The first-order chi connectivity index (χ1) is 7.25. The first-order valence-corrected chi connectivity index (χ1v) is 6.41. The molecule has 0 fully saturated rings. The van der Waals surface area contributed by atoms with Gasteiger partial charge in [-0.25, -0.2) is 0 Å². The number of hydrogen-bond donors (Lipinski definition) is 4. The van der Waals surface area contributed by atoms with Crippen molar-refractivity contribution in [2.45, 2.75) is 0 Å². The normalized spacial score (nSPS) is 6.92. The van der Waals surface area contributed by atoms with Crippen molar-refractivity contribution in [2.24, 2.45) is 0 Å². The fourth-order valence-electron chi connectivity index (χ4n) is 1.000. The van der Waals surface area contributed by atoms with Crippen LogP contribution in [-0.4, -0.2) is 82.6 Å². The summed E-state index contributed by atoms with van der Waals surface area (Å²) < 4.78 is 0. The molecule has 0 aliphatic rings. The second-order valence-electron chi connectivity index (χ2n) is 5.83. The molecular weight excluding hydrogens is 615 g/mol. The minimum Gasteiger partial charge on any atom is -1.00 e.